The fourth-order valence-electron chi connectivity index (χ4n) is 4.10. The number of hydrogen-bond acceptors (Lipinski definition) is 5. The number of nitrogens with one attached hydrogen (secondary N) is 1. The van der Waals surface area contributed by atoms with Gasteiger partial charge >= 0.3 is 12.1 Å². The molecule has 1 saturated heterocycles. The fraction of sp³-hybridized carbons (Fsp3) is 0.414. The fourth-order valence-corrected chi connectivity index (χ4v) is 4.10. The molecule has 1 aliphatic rings. The van der Waals surface area contributed by atoms with Crippen LogP contribution in [0.1, 0.15) is 68.6 Å². The summed E-state index contributed by atoms with van der Waals surface area (Å²) in [5.41, 5.74) is 0.384. The van der Waals surface area contributed by atoms with E-state index in [0.29, 0.717) is 43.7 Å². The predicted octanol–water partition coefficient (Wildman–Crippen LogP) is 7.19. The summed E-state index contributed by atoms with van der Waals surface area (Å²) in [6.45, 7) is 11.6. The van der Waals surface area contributed by atoms with Crippen LogP contribution in [0.15, 0.2) is 60.6 Å². The summed E-state index contributed by atoms with van der Waals surface area (Å²) in [6, 6.07) is 5.99. The molecule has 1 atom stereocenters. The van der Waals surface area contributed by atoms with Crippen LogP contribution in [0.4, 0.5) is 23.7 Å². The molecule has 2 N–H and O–H groups in total. The minimum Gasteiger partial charge on any atom is -0.478 e. The molecule has 1 aliphatic heterocycles. The first-order valence-corrected chi connectivity index (χ1v) is 13.0. The highest BCUT2D eigenvalue weighted by Gasteiger charge is 2.44. The van der Waals surface area contributed by atoms with Crippen molar-refractivity contribution in [3.63, 3.8) is 0 Å². The minimum atomic E-state index is -1.60. The van der Waals surface area contributed by atoms with E-state index in [9.17, 15) is 22.8 Å². The molecule has 0 bridgehead atoms. The number of anilines is 1. The molecule has 2 aromatic rings. The highest BCUT2D eigenvalue weighted by Crippen LogP contribution is 2.34. The van der Waals surface area contributed by atoms with Crippen molar-refractivity contribution in [3.8, 4) is 0 Å². The summed E-state index contributed by atoms with van der Waals surface area (Å²) >= 11 is 0. The lowest BCUT2D eigenvalue weighted by atomic mass is 9.95. The van der Waals surface area contributed by atoms with Gasteiger partial charge in [-0.15, -0.1) is 0 Å². The number of rotatable bonds is 11. The first-order chi connectivity index (χ1) is 18.9. The standard InChI is InChI=1S/C26H29F3N4O4.C3H8/c1-5-20(22(29)21(28)16(3)27)23-18(13-30-31-23)14-32(4)12-11-26(6-2)15-33(25(36)37-26)19-9-7-17(8-10-19)24(34)35;1-3-2/h5,7-10,13H,1,6,11-12,14-15H2,2-4H3,(H,30,31)(H,34,35);3H2,1-2H3/b21-16-,22-20-;. The number of nitrogens with zero attached hydrogens (tertiary/aromatic N) is 3. The third-order valence-corrected chi connectivity index (χ3v) is 6.35. The van der Waals surface area contributed by atoms with Gasteiger partial charge in [-0.25, -0.2) is 22.8 Å². The van der Waals surface area contributed by atoms with Gasteiger partial charge in [-0.2, -0.15) is 5.10 Å². The molecular weight excluding hydrogens is 525 g/mol. The molecule has 0 saturated carbocycles. The number of carboxylic acid groups (broad SMARTS) is 1. The van der Waals surface area contributed by atoms with Crippen LogP contribution >= 0.6 is 0 Å². The second-order valence-corrected chi connectivity index (χ2v) is 9.59. The number of H-pyrrole nitrogens is 1. The Morgan fingerprint density at radius 2 is 1.85 bits per heavy atom. The molecule has 40 heavy (non-hydrogen) atoms. The van der Waals surface area contributed by atoms with Crippen LogP contribution in [0.5, 0.6) is 0 Å². The first kappa shape index (κ1) is 32.4. The van der Waals surface area contributed by atoms with Gasteiger partial charge in [0.2, 0.25) is 0 Å². The number of halogens is 3. The van der Waals surface area contributed by atoms with Crippen LogP contribution in [0.2, 0.25) is 0 Å². The van der Waals surface area contributed by atoms with Crippen molar-refractivity contribution in [1.82, 2.24) is 15.1 Å². The van der Waals surface area contributed by atoms with Crippen LogP contribution in [0.25, 0.3) is 5.57 Å². The number of carbonyl (C=O) groups is 2. The van der Waals surface area contributed by atoms with E-state index in [2.05, 4.69) is 30.6 Å². The minimum absolute atomic E-state index is 0.117. The van der Waals surface area contributed by atoms with E-state index in [1.807, 2.05) is 18.9 Å². The van der Waals surface area contributed by atoms with Crippen molar-refractivity contribution in [2.75, 3.05) is 25.0 Å². The number of aromatic amines is 1. The maximum absolute atomic E-state index is 14.5. The Bertz CT molecular complexity index is 1250. The van der Waals surface area contributed by atoms with Gasteiger partial charge in [0.15, 0.2) is 11.7 Å². The van der Waals surface area contributed by atoms with Gasteiger partial charge in [-0.1, -0.05) is 39.8 Å². The molecule has 1 amide bonds. The van der Waals surface area contributed by atoms with Gasteiger partial charge in [-0.05, 0) is 44.7 Å². The molecule has 2 heterocycles. The molecule has 0 radical (unpaired) electrons. The molecule has 0 aliphatic carbocycles. The number of carboxylic acids is 1. The Hall–Kier alpha value is -3.86. The summed E-state index contributed by atoms with van der Waals surface area (Å²) in [5.74, 6) is -5.31. The lowest BCUT2D eigenvalue weighted by Crippen LogP contribution is -2.37. The lowest BCUT2D eigenvalue weighted by Gasteiger charge is -2.28. The number of aromatic carboxylic acids is 1. The Labute approximate surface area is 232 Å². The van der Waals surface area contributed by atoms with Crippen LogP contribution < -0.4 is 4.90 Å². The molecular formula is C29H37F3N4O4. The van der Waals surface area contributed by atoms with E-state index in [-0.39, 0.29) is 16.8 Å². The maximum Gasteiger partial charge on any atom is 0.415 e. The van der Waals surface area contributed by atoms with Gasteiger partial charge < -0.3 is 14.7 Å². The first-order valence-electron chi connectivity index (χ1n) is 13.0. The molecule has 1 fully saturated rings. The number of amides is 1. The molecule has 1 aromatic heterocycles. The average Bonchev–Trinajstić information content (AvgIpc) is 3.52. The second-order valence-electron chi connectivity index (χ2n) is 9.59. The molecule has 1 aromatic carbocycles. The van der Waals surface area contributed by atoms with Gasteiger partial charge in [0.05, 0.1) is 24.0 Å². The van der Waals surface area contributed by atoms with Gasteiger partial charge in [0, 0.05) is 36.3 Å². The normalized spacial score (nSPS) is 18.0. The quantitative estimate of drug-likeness (QED) is 0.281. The third kappa shape index (κ3) is 7.84. The SMILES string of the molecule is C=C/C(=C(F)\C(F)=C(/C)F)c1[nH]ncc1CN(C)CCC1(CC)CN(c2ccc(C(=O)O)cc2)C(=O)O1.CCC. The van der Waals surface area contributed by atoms with Crippen molar-refractivity contribution in [2.24, 2.45) is 0 Å². The van der Waals surface area contributed by atoms with Gasteiger partial charge in [0.25, 0.3) is 0 Å². The number of carbonyl (C=O) groups excluding carboxylic acids is 1. The second kappa shape index (κ2) is 14.5. The number of allylic oxidation sites excluding steroid dienone is 5. The van der Waals surface area contributed by atoms with E-state index in [1.165, 1.54) is 29.7 Å². The predicted molar refractivity (Wildman–Crippen MR) is 149 cm³/mol. The highest BCUT2D eigenvalue weighted by atomic mass is 19.2. The molecule has 8 nitrogen and oxygen atoms in total. The van der Waals surface area contributed by atoms with Crippen LogP contribution in [0.3, 0.4) is 0 Å². The summed E-state index contributed by atoms with van der Waals surface area (Å²) in [7, 11) is 1.82. The summed E-state index contributed by atoms with van der Waals surface area (Å²) in [4.78, 5) is 27.1. The monoisotopic (exact) mass is 562 g/mol. The summed E-state index contributed by atoms with van der Waals surface area (Å²) in [5, 5.41) is 15.6. The van der Waals surface area contributed by atoms with Crippen LogP contribution in [-0.2, 0) is 11.3 Å². The number of benzene rings is 1. The molecule has 11 heteroatoms. The lowest BCUT2D eigenvalue weighted by molar-refractivity contribution is 0.0385. The topological polar surface area (TPSA) is 98.8 Å². The third-order valence-electron chi connectivity index (χ3n) is 6.35. The molecule has 0 spiro atoms. The van der Waals surface area contributed by atoms with Crippen LogP contribution in [0, 0.1) is 0 Å². The average molecular weight is 563 g/mol. The molecule has 1 unspecified atom stereocenters. The number of hydrogen-bond donors (Lipinski definition) is 2. The van der Waals surface area contributed by atoms with Crippen molar-refractivity contribution < 1.29 is 32.6 Å². The van der Waals surface area contributed by atoms with Gasteiger partial charge in [0.1, 0.15) is 11.4 Å². The maximum atomic E-state index is 14.5. The summed E-state index contributed by atoms with van der Waals surface area (Å²) < 4.78 is 47.4. The largest absolute Gasteiger partial charge is 0.478 e. The molecule has 218 valence electrons. The van der Waals surface area contributed by atoms with Crippen molar-refractivity contribution in [2.45, 2.75) is 59.1 Å². The van der Waals surface area contributed by atoms with E-state index in [4.69, 9.17) is 9.84 Å². The zero-order valence-electron chi connectivity index (χ0n) is 23.6. The Morgan fingerprint density at radius 3 is 2.38 bits per heavy atom. The van der Waals surface area contributed by atoms with E-state index >= 15 is 0 Å². The Kier molecular flexibility index (Phi) is 11.7. The van der Waals surface area contributed by atoms with E-state index in [0.717, 1.165) is 13.0 Å². The Balaban J connectivity index is 0.00000178. The number of cyclic esters (lactones) is 1. The zero-order chi connectivity index (χ0) is 30.0. The van der Waals surface area contributed by atoms with Crippen molar-refractivity contribution in [1.29, 1.82) is 0 Å². The van der Waals surface area contributed by atoms with Crippen molar-refractivity contribution in [3.05, 3.63) is 77.4 Å². The zero-order valence-corrected chi connectivity index (χ0v) is 23.6. The van der Waals surface area contributed by atoms with Gasteiger partial charge in [-0.3, -0.25) is 10.00 Å². The van der Waals surface area contributed by atoms with Crippen molar-refractivity contribution >= 4 is 23.3 Å². The number of ether oxygens (including phenoxy) is 1. The Morgan fingerprint density at radius 1 is 1.23 bits per heavy atom. The van der Waals surface area contributed by atoms with E-state index in [1.54, 1.807) is 12.1 Å². The smallest absolute Gasteiger partial charge is 0.415 e. The van der Waals surface area contributed by atoms with Crippen LogP contribution in [-0.4, -0.2) is 58.0 Å². The summed E-state index contributed by atoms with van der Waals surface area (Å²) in [6.07, 6.45) is 4.34. The molecule has 3 rings (SSSR count). The number of aromatic nitrogens is 2. The van der Waals surface area contributed by atoms with E-state index < -0.39 is 35.1 Å². The highest BCUT2D eigenvalue weighted by molar-refractivity contribution is 5.92.